The van der Waals surface area contributed by atoms with Gasteiger partial charge >= 0.3 is 0 Å². The van der Waals surface area contributed by atoms with Crippen LogP contribution in [0.15, 0.2) is 35.5 Å². The molecule has 0 unspecified atom stereocenters. The number of Topliss-reactive ketones (excluding diaryl/α,β-unsaturated/α-hetero) is 1. The highest BCUT2D eigenvalue weighted by Crippen LogP contribution is 2.24. The van der Waals surface area contributed by atoms with Crippen molar-refractivity contribution in [2.75, 3.05) is 16.8 Å². The molecular formula is C17H21N5O2S. The van der Waals surface area contributed by atoms with E-state index in [-0.39, 0.29) is 23.3 Å². The van der Waals surface area contributed by atoms with E-state index in [2.05, 4.69) is 15.3 Å². The minimum absolute atomic E-state index is 0.0399. The van der Waals surface area contributed by atoms with Crippen molar-refractivity contribution in [3.63, 3.8) is 0 Å². The van der Waals surface area contributed by atoms with E-state index >= 15 is 0 Å². The first-order valence-corrected chi connectivity index (χ1v) is 8.77. The van der Waals surface area contributed by atoms with Gasteiger partial charge in [0.05, 0.1) is 5.25 Å². The van der Waals surface area contributed by atoms with E-state index in [1.165, 1.54) is 17.8 Å². The van der Waals surface area contributed by atoms with Crippen molar-refractivity contribution < 1.29 is 9.59 Å². The van der Waals surface area contributed by atoms with Crippen LogP contribution in [0, 0.1) is 0 Å². The molecule has 0 radical (unpaired) electrons. The molecular weight excluding hydrogens is 338 g/mol. The van der Waals surface area contributed by atoms with Gasteiger partial charge in [0.25, 0.3) is 0 Å². The molecule has 0 bridgehead atoms. The van der Waals surface area contributed by atoms with Gasteiger partial charge in [-0.1, -0.05) is 18.7 Å². The smallest absolute Gasteiger partial charge is 0.224 e. The van der Waals surface area contributed by atoms with Gasteiger partial charge in [0.2, 0.25) is 5.91 Å². The van der Waals surface area contributed by atoms with Crippen LogP contribution in [0.2, 0.25) is 0 Å². The number of amides is 1. The third-order valence-corrected chi connectivity index (χ3v) is 4.29. The summed E-state index contributed by atoms with van der Waals surface area (Å²) in [6.45, 7) is 3.71. The highest BCUT2D eigenvalue weighted by atomic mass is 32.2. The van der Waals surface area contributed by atoms with E-state index < -0.39 is 5.25 Å². The maximum Gasteiger partial charge on any atom is 0.224 e. The minimum Gasteiger partial charge on any atom is -0.383 e. The summed E-state index contributed by atoms with van der Waals surface area (Å²) in [5.74, 6) is 0.423. The van der Waals surface area contributed by atoms with Gasteiger partial charge in [0.15, 0.2) is 10.9 Å². The maximum atomic E-state index is 12.5. The number of aromatic nitrogens is 2. The Balaban J connectivity index is 2.02. The van der Waals surface area contributed by atoms with Crippen LogP contribution in [0.1, 0.15) is 37.0 Å². The van der Waals surface area contributed by atoms with E-state index in [9.17, 15) is 9.59 Å². The van der Waals surface area contributed by atoms with Gasteiger partial charge in [-0.2, -0.15) is 0 Å². The highest BCUT2D eigenvalue weighted by Gasteiger charge is 2.18. The predicted octanol–water partition coefficient (Wildman–Crippen LogP) is 2.74. The zero-order chi connectivity index (χ0) is 18.4. The molecule has 0 aliphatic rings. The number of rotatable bonds is 7. The third-order valence-electron chi connectivity index (χ3n) is 3.33. The lowest BCUT2D eigenvalue weighted by Gasteiger charge is -2.11. The lowest BCUT2D eigenvalue weighted by molar-refractivity contribution is -0.116. The molecule has 1 heterocycles. The number of nitrogens with one attached hydrogen (secondary N) is 1. The molecule has 2 rings (SSSR count). The molecule has 0 fully saturated rings. The number of thioether (sulfide) groups is 1. The van der Waals surface area contributed by atoms with Gasteiger partial charge in [-0.3, -0.25) is 9.59 Å². The number of carbonyl (C=O) groups excluding carboxylic acids is 2. The van der Waals surface area contributed by atoms with Crippen LogP contribution in [-0.4, -0.2) is 26.9 Å². The maximum absolute atomic E-state index is 12.5. The van der Waals surface area contributed by atoms with Crippen LogP contribution in [0.5, 0.6) is 0 Å². The fraction of sp³-hybridized carbons (Fsp3) is 0.294. The number of anilines is 3. The third kappa shape index (κ3) is 5.46. The first-order valence-electron chi connectivity index (χ1n) is 7.90. The van der Waals surface area contributed by atoms with Gasteiger partial charge in [-0.05, 0) is 37.6 Å². The second-order valence-electron chi connectivity index (χ2n) is 5.50. The lowest BCUT2D eigenvalue weighted by atomic mass is 10.1. The Labute approximate surface area is 150 Å². The summed E-state index contributed by atoms with van der Waals surface area (Å²) in [6, 6.07) is 8.27. The van der Waals surface area contributed by atoms with E-state index in [0.717, 1.165) is 6.42 Å². The summed E-state index contributed by atoms with van der Waals surface area (Å²) in [4.78, 5) is 32.2. The molecule has 7 nitrogen and oxygen atoms in total. The van der Waals surface area contributed by atoms with Gasteiger partial charge < -0.3 is 16.8 Å². The summed E-state index contributed by atoms with van der Waals surface area (Å²) >= 11 is 1.19. The number of hydrogen-bond acceptors (Lipinski definition) is 7. The molecule has 8 heteroatoms. The zero-order valence-corrected chi connectivity index (χ0v) is 15.0. The van der Waals surface area contributed by atoms with Crippen molar-refractivity contribution in [2.24, 2.45) is 0 Å². The van der Waals surface area contributed by atoms with Crippen molar-refractivity contribution in [3.05, 3.63) is 35.9 Å². The Kier molecular flexibility index (Phi) is 6.35. The summed E-state index contributed by atoms with van der Waals surface area (Å²) in [5.41, 5.74) is 12.5. The standard InChI is InChI=1S/C17H21N5O2S/c1-3-4-15(23)20-12-7-5-11(6-8-12)16(24)10(2)25-17-21-13(18)9-14(19)22-17/h5-10H,3-4H2,1-2H3,(H,20,23)(H4,18,19,21,22)/t10-/m0/s1. The van der Waals surface area contributed by atoms with Gasteiger partial charge in [-0.25, -0.2) is 9.97 Å². The highest BCUT2D eigenvalue weighted by molar-refractivity contribution is 8.00. The monoisotopic (exact) mass is 359 g/mol. The molecule has 0 saturated heterocycles. The molecule has 1 atom stereocenters. The molecule has 1 aromatic carbocycles. The molecule has 5 N–H and O–H groups in total. The van der Waals surface area contributed by atoms with Crippen molar-refractivity contribution in [3.8, 4) is 0 Å². The van der Waals surface area contributed by atoms with Gasteiger partial charge in [0, 0.05) is 23.7 Å². The van der Waals surface area contributed by atoms with Gasteiger partial charge in [-0.15, -0.1) is 0 Å². The lowest BCUT2D eigenvalue weighted by Crippen LogP contribution is -2.15. The molecule has 25 heavy (non-hydrogen) atoms. The average Bonchev–Trinajstić information content (AvgIpc) is 2.54. The van der Waals surface area contributed by atoms with Crippen LogP contribution in [0.3, 0.4) is 0 Å². The molecule has 1 aromatic heterocycles. The number of ketones is 1. The second kappa shape index (κ2) is 8.48. The van der Waals surface area contributed by atoms with E-state index in [1.807, 2.05) is 6.92 Å². The van der Waals surface area contributed by atoms with Gasteiger partial charge in [0.1, 0.15) is 11.6 Å². The number of carbonyl (C=O) groups is 2. The normalized spacial score (nSPS) is 11.8. The minimum atomic E-state index is -0.401. The molecule has 1 amide bonds. The van der Waals surface area contributed by atoms with E-state index in [0.29, 0.717) is 22.8 Å². The molecule has 132 valence electrons. The summed E-state index contributed by atoms with van der Waals surface area (Å²) in [5, 5.41) is 2.75. The zero-order valence-electron chi connectivity index (χ0n) is 14.2. The summed E-state index contributed by atoms with van der Waals surface area (Å²) in [7, 11) is 0. The Morgan fingerprint density at radius 3 is 2.32 bits per heavy atom. The summed E-state index contributed by atoms with van der Waals surface area (Å²) in [6.07, 6.45) is 1.26. The van der Waals surface area contributed by atoms with Crippen LogP contribution >= 0.6 is 11.8 Å². The Hall–Kier alpha value is -2.61. The van der Waals surface area contributed by atoms with Crippen LogP contribution in [-0.2, 0) is 4.79 Å². The average molecular weight is 359 g/mol. The molecule has 0 saturated carbocycles. The second-order valence-corrected chi connectivity index (χ2v) is 6.81. The number of nitrogen functional groups attached to an aromatic ring is 2. The van der Waals surface area contributed by atoms with Crippen molar-refractivity contribution in [1.29, 1.82) is 0 Å². The molecule has 2 aromatic rings. The fourth-order valence-electron chi connectivity index (χ4n) is 2.13. The van der Waals surface area contributed by atoms with E-state index in [1.54, 1.807) is 31.2 Å². The number of nitrogens with zero attached hydrogens (tertiary/aromatic N) is 2. The van der Waals surface area contributed by atoms with E-state index in [4.69, 9.17) is 11.5 Å². The van der Waals surface area contributed by atoms with Crippen molar-refractivity contribution in [2.45, 2.75) is 37.1 Å². The topological polar surface area (TPSA) is 124 Å². The number of benzene rings is 1. The van der Waals surface area contributed by atoms with Crippen LogP contribution in [0.25, 0.3) is 0 Å². The first-order chi connectivity index (χ1) is 11.9. The molecule has 0 aliphatic heterocycles. The van der Waals surface area contributed by atoms with Crippen molar-refractivity contribution >= 4 is 40.8 Å². The predicted molar refractivity (Wildman–Crippen MR) is 100 cm³/mol. The largest absolute Gasteiger partial charge is 0.383 e. The first kappa shape index (κ1) is 18.7. The number of nitrogens with two attached hydrogens (primary N) is 2. The Morgan fingerprint density at radius 2 is 1.76 bits per heavy atom. The SMILES string of the molecule is CCCC(=O)Nc1ccc(C(=O)[C@H](C)Sc2nc(N)cc(N)n2)cc1. The summed E-state index contributed by atoms with van der Waals surface area (Å²) < 4.78 is 0. The molecule has 0 aliphatic carbocycles. The van der Waals surface area contributed by atoms with Crippen LogP contribution in [0.4, 0.5) is 17.3 Å². The quantitative estimate of drug-likeness (QED) is 0.394. The fourth-order valence-corrected chi connectivity index (χ4v) is 3.00. The van der Waals surface area contributed by atoms with Crippen LogP contribution < -0.4 is 16.8 Å². The number of hydrogen-bond donors (Lipinski definition) is 3. The molecule has 0 spiro atoms. The Bertz CT molecular complexity index is 744. The van der Waals surface area contributed by atoms with Crippen molar-refractivity contribution in [1.82, 2.24) is 9.97 Å². The Morgan fingerprint density at radius 1 is 1.16 bits per heavy atom.